The summed E-state index contributed by atoms with van der Waals surface area (Å²) < 4.78 is 52.5. The van der Waals surface area contributed by atoms with Crippen molar-refractivity contribution in [2.24, 2.45) is 0 Å². The summed E-state index contributed by atoms with van der Waals surface area (Å²) >= 11 is 0. The molecule has 0 aliphatic heterocycles. The average Bonchev–Trinajstić information content (AvgIpc) is 2.15. The summed E-state index contributed by atoms with van der Waals surface area (Å²) in [5.74, 6) is -2.50. The molecule has 0 aromatic heterocycles. The van der Waals surface area contributed by atoms with Crippen LogP contribution < -0.4 is 0 Å². The van der Waals surface area contributed by atoms with Crippen molar-refractivity contribution in [3.8, 4) is 0 Å². The van der Waals surface area contributed by atoms with Crippen molar-refractivity contribution in [3.05, 3.63) is 35.6 Å². The van der Waals surface area contributed by atoms with E-state index in [1.54, 1.807) is 0 Å². The fourth-order valence-corrected chi connectivity index (χ4v) is 1.23. The molecule has 0 aliphatic rings. The van der Waals surface area contributed by atoms with Gasteiger partial charge in [0.1, 0.15) is 5.82 Å². The summed E-state index contributed by atoms with van der Waals surface area (Å²) in [6, 6.07) is 3.57. The van der Waals surface area contributed by atoms with Gasteiger partial charge in [-0.3, -0.25) is 4.74 Å². The number of carboxylic acid groups (broad SMARTS) is 1. The van der Waals surface area contributed by atoms with Gasteiger partial charge in [0.05, 0.1) is 0 Å². The Kier molecular flexibility index (Phi) is 3.42. The highest BCUT2D eigenvalue weighted by atomic mass is 19.4. The van der Waals surface area contributed by atoms with Crippen molar-refractivity contribution >= 4 is 5.97 Å². The second kappa shape index (κ2) is 4.33. The standard InChI is InChI=1S/C10H8F4O3/c1-9(8(15)16,17-10(12,13)14)6-2-4-7(11)5-3-6/h2-5H,1H3,(H,15,16). The Morgan fingerprint density at radius 1 is 1.24 bits per heavy atom. The first-order valence-corrected chi connectivity index (χ1v) is 4.41. The fourth-order valence-electron chi connectivity index (χ4n) is 1.23. The number of carbonyl (C=O) groups is 1. The third-order valence-electron chi connectivity index (χ3n) is 2.12. The zero-order valence-corrected chi connectivity index (χ0v) is 8.58. The van der Waals surface area contributed by atoms with E-state index in [2.05, 4.69) is 4.74 Å². The Bertz CT molecular complexity index is 413. The lowest BCUT2D eigenvalue weighted by Gasteiger charge is -2.26. The molecule has 1 aromatic carbocycles. The van der Waals surface area contributed by atoms with E-state index in [9.17, 15) is 22.4 Å². The van der Waals surface area contributed by atoms with E-state index in [-0.39, 0.29) is 5.56 Å². The van der Waals surface area contributed by atoms with Crippen LogP contribution in [0.3, 0.4) is 0 Å². The van der Waals surface area contributed by atoms with Gasteiger partial charge < -0.3 is 5.11 Å². The molecule has 1 aromatic rings. The van der Waals surface area contributed by atoms with Gasteiger partial charge in [-0.25, -0.2) is 9.18 Å². The number of carboxylic acids is 1. The molecule has 1 unspecified atom stereocenters. The molecule has 3 nitrogen and oxygen atoms in total. The van der Waals surface area contributed by atoms with Crippen molar-refractivity contribution in [2.75, 3.05) is 0 Å². The summed E-state index contributed by atoms with van der Waals surface area (Å²) in [7, 11) is 0. The van der Waals surface area contributed by atoms with Crippen LogP contribution in [0, 0.1) is 5.82 Å². The van der Waals surface area contributed by atoms with Gasteiger partial charge in [-0.2, -0.15) is 0 Å². The molecular weight excluding hydrogens is 244 g/mol. The van der Waals surface area contributed by atoms with Crippen molar-refractivity contribution in [1.82, 2.24) is 0 Å². The van der Waals surface area contributed by atoms with Crippen LogP contribution in [0.15, 0.2) is 24.3 Å². The van der Waals surface area contributed by atoms with E-state index in [0.29, 0.717) is 0 Å². The zero-order valence-electron chi connectivity index (χ0n) is 8.58. The maximum absolute atomic E-state index is 12.6. The smallest absolute Gasteiger partial charge is 0.479 e. The highest BCUT2D eigenvalue weighted by Gasteiger charge is 2.47. The molecule has 7 heteroatoms. The largest absolute Gasteiger partial charge is 0.523 e. The van der Waals surface area contributed by atoms with Gasteiger partial charge in [0.25, 0.3) is 0 Å². The summed E-state index contributed by atoms with van der Waals surface area (Å²) in [5, 5.41) is 8.80. The Morgan fingerprint density at radius 2 is 1.71 bits per heavy atom. The SMILES string of the molecule is CC(OC(F)(F)F)(C(=O)O)c1ccc(F)cc1. The van der Waals surface area contributed by atoms with Gasteiger partial charge >= 0.3 is 12.3 Å². The Morgan fingerprint density at radius 3 is 2.06 bits per heavy atom. The van der Waals surface area contributed by atoms with Gasteiger partial charge in [-0.1, -0.05) is 12.1 Å². The van der Waals surface area contributed by atoms with E-state index in [0.717, 1.165) is 31.2 Å². The van der Waals surface area contributed by atoms with Crippen LogP contribution >= 0.6 is 0 Å². The molecule has 0 radical (unpaired) electrons. The van der Waals surface area contributed by atoms with Gasteiger partial charge in [0.2, 0.25) is 0 Å². The highest BCUT2D eigenvalue weighted by Crippen LogP contribution is 2.33. The van der Waals surface area contributed by atoms with Crippen molar-refractivity contribution in [1.29, 1.82) is 0 Å². The monoisotopic (exact) mass is 252 g/mol. The molecule has 0 aliphatic carbocycles. The molecule has 0 fully saturated rings. The van der Waals surface area contributed by atoms with Crippen LogP contribution in [0.25, 0.3) is 0 Å². The van der Waals surface area contributed by atoms with E-state index < -0.39 is 23.7 Å². The molecule has 0 spiro atoms. The van der Waals surface area contributed by atoms with E-state index >= 15 is 0 Å². The number of hydrogen-bond donors (Lipinski definition) is 1. The topological polar surface area (TPSA) is 46.5 Å². The Balaban J connectivity index is 3.16. The summed E-state index contributed by atoms with van der Waals surface area (Å²) in [6.07, 6.45) is -5.11. The maximum Gasteiger partial charge on any atom is 0.523 e. The van der Waals surface area contributed by atoms with Crippen LogP contribution in [-0.2, 0) is 15.1 Å². The molecule has 0 saturated heterocycles. The van der Waals surface area contributed by atoms with Gasteiger partial charge in [0, 0.05) is 0 Å². The van der Waals surface area contributed by atoms with Gasteiger partial charge in [-0.15, -0.1) is 13.2 Å². The fraction of sp³-hybridized carbons (Fsp3) is 0.300. The molecule has 0 heterocycles. The van der Waals surface area contributed by atoms with E-state index in [1.807, 2.05) is 0 Å². The molecule has 17 heavy (non-hydrogen) atoms. The first kappa shape index (κ1) is 13.4. The molecular formula is C10H8F4O3. The molecule has 1 N–H and O–H groups in total. The molecule has 0 bridgehead atoms. The summed E-state index contributed by atoms with van der Waals surface area (Å²) in [5.41, 5.74) is -2.91. The van der Waals surface area contributed by atoms with Gasteiger partial charge in [-0.05, 0) is 24.6 Å². The lowest BCUT2D eigenvalue weighted by Crippen LogP contribution is -2.40. The van der Waals surface area contributed by atoms with Crippen LogP contribution in [0.1, 0.15) is 12.5 Å². The number of aliphatic carboxylic acids is 1. The third-order valence-corrected chi connectivity index (χ3v) is 2.12. The second-order valence-corrected chi connectivity index (χ2v) is 3.39. The first-order valence-electron chi connectivity index (χ1n) is 4.41. The number of alkyl halides is 3. The average molecular weight is 252 g/mol. The van der Waals surface area contributed by atoms with Crippen molar-refractivity contribution in [2.45, 2.75) is 18.9 Å². The molecule has 0 amide bonds. The normalized spacial score (nSPS) is 15.4. The molecule has 0 saturated carbocycles. The zero-order chi connectivity index (χ0) is 13.3. The van der Waals surface area contributed by atoms with Crippen LogP contribution in [-0.4, -0.2) is 17.4 Å². The number of hydrogen-bond acceptors (Lipinski definition) is 2. The Hall–Kier alpha value is -1.63. The van der Waals surface area contributed by atoms with E-state index in [4.69, 9.17) is 5.11 Å². The minimum absolute atomic E-state index is 0.302. The van der Waals surface area contributed by atoms with Crippen molar-refractivity contribution in [3.63, 3.8) is 0 Å². The number of ether oxygens (including phenoxy) is 1. The highest BCUT2D eigenvalue weighted by molar-refractivity contribution is 5.78. The van der Waals surface area contributed by atoms with Crippen LogP contribution in [0.4, 0.5) is 17.6 Å². The third kappa shape index (κ3) is 3.16. The minimum Gasteiger partial charge on any atom is -0.479 e. The van der Waals surface area contributed by atoms with Crippen LogP contribution in [0.5, 0.6) is 0 Å². The molecule has 1 atom stereocenters. The predicted molar refractivity (Wildman–Crippen MR) is 48.5 cm³/mol. The number of rotatable bonds is 3. The Labute approximate surface area is 93.6 Å². The predicted octanol–water partition coefficient (Wildman–Crippen LogP) is 2.66. The van der Waals surface area contributed by atoms with E-state index in [1.165, 1.54) is 0 Å². The first-order chi connectivity index (χ1) is 7.65. The van der Waals surface area contributed by atoms with Crippen LogP contribution in [0.2, 0.25) is 0 Å². The minimum atomic E-state index is -5.11. The summed E-state index contributed by atoms with van der Waals surface area (Å²) in [4.78, 5) is 10.9. The maximum atomic E-state index is 12.6. The lowest BCUT2D eigenvalue weighted by molar-refractivity contribution is -0.362. The second-order valence-electron chi connectivity index (χ2n) is 3.39. The van der Waals surface area contributed by atoms with Crippen molar-refractivity contribution < 1.29 is 32.2 Å². The quantitative estimate of drug-likeness (QED) is 0.841. The number of benzene rings is 1. The van der Waals surface area contributed by atoms with Gasteiger partial charge in [0.15, 0.2) is 5.60 Å². The molecule has 1 rings (SSSR count). The summed E-state index contributed by atoms with van der Waals surface area (Å²) in [6.45, 7) is 0.746. The lowest BCUT2D eigenvalue weighted by atomic mass is 9.96. The number of halogens is 4. The molecule has 94 valence electrons.